The Morgan fingerprint density at radius 1 is 1.33 bits per heavy atom. The van der Waals surface area contributed by atoms with E-state index < -0.39 is 0 Å². The van der Waals surface area contributed by atoms with Crippen LogP contribution < -0.4 is 11.1 Å². The fraction of sp³-hybridized carbons (Fsp3) is 0.389. The molecule has 1 amide bonds. The van der Waals surface area contributed by atoms with E-state index in [0.29, 0.717) is 18.2 Å². The maximum atomic E-state index is 12.2. The van der Waals surface area contributed by atoms with Crippen molar-refractivity contribution in [2.75, 3.05) is 5.32 Å². The van der Waals surface area contributed by atoms with Gasteiger partial charge in [-0.1, -0.05) is 18.6 Å². The van der Waals surface area contributed by atoms with Gasteiger partial charge in [0.25, 0.3) is 0 Å². The summed E-state index contributed by atoms with van der Waals surface area (Å²) in [5.41, 5.74) is 8.62. The minimum atomic E-state index is 0. The summed E-state index contributed by atoms with van der Waals surface area (Å²) >= 11 is 0. The number of amides is 1. The van der Waals surface area contributed by atoms with Crippen LogP contribution in [0, 0.1) is 12.8 Å². The van der Waals surface area contributed by atoms with Crippen LogP contribution in [0.2, 0.25) is 0 Å². The van der Waals surface area contributed by atoms with Gasteiger partial charge in [0.15, 0.2) is 5.82 Å². The van der Waals surface area contributed by atoms with E-state index in [4.69, 9.17) is 5.73 Å². The molecule has 1 aliphatic rings. The standard InChI is InChI=1S/C18H22N4O.ClH/c1-12-8-9-20-18(21-12)14-5-2-6-15(10-14)22-17(23)11-13-4-3-7-16(13)19;/h2,5-6,8-10,13,16H,3-4,7,11,19H2,1H3,(H,22,23);1H/t13-,16+;/m0./s1. The monoisotopic (exact) mass is 346 g/mol. The van der Waals surface area contributed by atoms with Gasteiger partial charge >= 0.3 is 0 Å². The van der Waals surface area contributed by atoms with Crippen LogP contribution >= 0.6 is 12.4 Å². The smallest absolute Gasteiger partial charge is 0.224 e. The minimum Gasteiger partial charge on any atom is -0.327 e. The number of hydrogen-bond donors (Lipinski definition) is 2. The Bertz CT molecular complexity index is 707. The van der Waals surface area contributed by atoms with Crippen LogP contribution in [0.25, 0.3) is 11.4 Å². The quantitative estimate of drug-likeness (QED) is 0.889. The number of hydrogen-bond acceptors (Lipinski definition) is 4. The zero-order valence-electron chi connectivity index (χ0n) is 13.7. The Morgan fingerprint density at radius 2 is 2.17 bits per heavy atom. The van der Waals surface area contributed by atoms with Crippen molar-refractivity contribution in [2.45, 2.75) is 38.6 Å². The van der Waals surface area contributed by atoms with Crippen LogP contribution in [0.5, 0.6) is 0 Å². The van der Waals surface area contributed by atoms with E-state index in [0.717, 1.165) is 36.2 Å². The van der Waals surface area contributed by atoms with Crippen LogP contribution in [0.15, 0.2) is 36.5 Å². The van der Waals surface area contributed by atoms with Crippen molar-refractivity contribution >= 4 is 24.0 Å². The Kier molecular flexibility index (Phi) is 6.29. The van der Waals surface area contributed by atoms with Gasteiger partial charge in [0.05, 0.1) is 0 Å². The summed E-state index contributed by atoms with van der Waals surface area (Å²) in [6.45, 7) is 1.93. The SMILES string of the molecule is Cc1ccnc(-c2cccc(NC(=O)C[C@@H]3CCC[C@H]3N)c2)n1.Cl. The molecular formula is C18H23ClN4O. The molecule has 5 nitrogen and oxygen atoms in total. The first-order valence-corrected chi connectivity index (χ1v) is 8.07. The van der Waals surface area contributed by atoms with Gasteiger partial charge in [-0.05, 0) is 43.9 Å². The number of nitrogens with two attached hydrogens (primary N) is 1. The van der Waals surface area contributed by atoms with Crippen molar-refractivity contribution in [3.8, 4) is 11.4 Å². The van der Waals surface area contributed by atoms with Gasteiger partial charge in [-0.3, -0.25) is 4.79 Å². The first-order valence-electron chi connectivity index (χ1n) is 8.07. The number of aromatic nitrogens is 2. The summed E-state index contributed by atoms with van der Waals surface area (Å²) in [6.07, 6.45) is 5.43. The van der Waals surface area contributed by atoms with E-state index in [-0.39, 0.29) is 24.4 Å². The average Bonchev–Trinajstić information content (AvgIpc) is 2.92. The predicted octanol–water partition coefficient (Wildman–Crippen LogP) is 3.33. The van der Waals surface area contributed by atoms with Crippen molar-refractivity contribution in [1.29, 1.82) is 0 Å². The fourth-order valence-corrected chi connectivity index (χ4v) is 3.09. The lowest BCUT2D eigenvalue weighted by Crippen LogP contribution is -2.28. The molecule has 1 heterocycles. The molecule has 24 heavy (non-hydrogen) atoms. The molecule has 0 spiro atoms. The molecule has 0 unspecified atom stereocenters. The molecule has 1 fully saturated rings. The first kappa shape index (κ1) is 18.4. The Labute approximate surface area is 148 Å². The van der Waals surface area contributed by atoms with Crippen LogP contribution in [-0.4, -0.2) is 21.9 Å². The number of aryl methyl sites for hydroxylation is 1. The second-order valence-corrected chi connectivity index (χ2v) is 6.21. The number of nitrogens with one attached hydrogen (secondary N) is 1. The first-order chi connectivity index (χ1) is 11.1. The molecule has 0 aliphatic heterocycles. The molecule has 1 aromatic carbocycles. The summed E-state index contributed by atoms with van der Waals surface area (Å²) in [5.74, 6) is 0.992. The highest BCUT2D eigenvalue weighted by atomic mass is 35.5. The average molecular weight is 347 g/mol. The lowest BCUT2D eigenvalue weighted by Gasteiger charge is -2.15. The summed E-state index contributed by atoms with van der Waals surface area (Å²) in [7, 11) is 0. The van der Waals surface area contributed by atoms with Crippen LogP contribution in [0.4, 0.5) is 5.69 Å². The lowest BCUT2D eigenvalue weighted by atomic mass is 10.00. The second-order valence-electron chi connectivity index (χ2n) is 6.21. The second kappa shape index (κ2) is 8.22. The minimum absolute atomic E-state index is 0. The van der Waals surface area contributed by atoms with E-state index in [1.54, 1.807) is 6.20 Å². The third-order valence-electron chi connectivity index (χ3n) is 4.36. The molecule has 2 aromatic rings. The molecule has 1 saturated carbocycles. The Balaban J connectivity index is 0.00000208. The van der Waals surface area contributed by atoms with E-state index in [9.17, 15) is 4.79 Å². The van der Waals surface area contributed by atoms with Gasteiger partial charge in [0.2, 0.25) is 5.91 Å². The molecule has 1 aromatic heterocycles. The fourth-order valence-electron chi connectivity index (χ4n) is 3.09. The van der Waals surface area contributed by atoms with Crippen LogP contribution in [-0.2, 0) is 4.79 Å². The van der Waals surface area contributed by atoms with E-state index in [1.165, 1.54) is 0 Å². The highest BCUT2D eigenvalue weighted by Crippen LogP contribution is 2.27. The number of benzene rings is 1. The molecule has 128 valence electrons. The summed E-state index contributed by atoms with van der Waals surface area (Å²) < 4.78 is 0. The maximum Gasteiger partial charge on any atom is 0.224 e. The molecule has 1 aliphatic carbocycles. The van der Waals surface area contributed by atoms with Crippen LogP contribution in [0.1, 0.15) is 31.4 Å². The molecular weight excluding hydrogens is 324 g/mol. The predicted molar refractivity (Wildman–Crippen MR) is 98.0 cm³/mol. The molecule has 3 N–H and O–H groups in total. The topological polar surface area (TPSA) is 80.9 Å². The van der Waals surface area contributed by atoms with E-state index in [2.05, 4.69) is 15.3 Å². The molecule has 2 atom stereocenters. The van der Waals surface area contributed by atoms with Gasteiger partial charge in [0.1, 0.15) is 0 Å². The Hall–Kier alpha value is -1.98. The van der Waals surface area contributed by atoms with E-state index in [1.807, 2.05) is 37.3 Å². The molecule has 0 radical (unpaired) electrons. The number of halogens is 1. The van der Waals surface area contributed by atoms with Gasteiger partial charge in [-0.2, -0.15) is 0 Å². The molecule has 3 rings (SSSR count). The number of carbonyl (C=O) groups is 1. The largest absolute Gasteiger partial charge is 0.327 e. The number of anilines is 1. The van der Waals surface area contributed by atoms with Gasteiger partial charge in [-0.25, -0.2) is 9.97 Å². The highest BCUT2D eigenvalue weighted by molar-refractivity contribution is 5.91. The van der Waals surface area contributed by atoms with Crippen molar-refractivity contribution in [3.63, 3.8) is 0 Å². The third kappa shape index (κ3) is 4.52. The van der Waals surface area contributed by atoms with Gasteiger partial charge in [-0.15, -0.1) is 12.4 Å². The highest BCUT2D eigenvalue weighted by Gasteiger charge is 2.26. The van der Waals surface area contributed by atoms with Crippen molar-refractivity contribution < 1.29 is 4.79 Å². The zero-order valence-corrected chi connectivity index (χ0v) is 14.6. The third-order valence-corrected chi connectivity index (χ3v) is 4.36. The van der Waals surface area contributed by atoms with Crippen LogP contribution in [0.3, 0.4) is 0 Å². The number of nitrogens with zero attached hydrogens (tertiary/aromatic N) is 2. The maximum absolute atomic E-state index is 12.2. The molecule has 0 saturated heterocycles. The van der Waals surface area contributed by atoms with E-state index >= 15 is 0 Å². The summed E-state index contributed by atoms with van der Waals surface area (Å²) in [4.78, 5) is 20.9. The summed E-state index contributed by atoms with van der Waals surface area (Å²) in [6, 6.07) is 9.65. The lowest BCUT2D eigenvalue weighted by molar-refractivity contribution is -0.117. The van der Waals surface area contributed by atoms with Crippen molar-refractivity contribution in [2.24, 2.45) is 11.7 Å². The van der Waals surface area contributed by atoms with Crippen molar-refractivity contribution in [3.05, 3.63) is 42.2 Å². The normalized spacial score (nSPS) is 19.6. The number of carbonyl (C=O) groups excluding carboxylic acids is 1. The summed E-state index contributed by atoms with van der Waals surface area (Å²) in [5, 5.41) is 2.96. The molecule has 6 heteroatoms. The van der Waals surface area contributed by atoms with Crippen molar-refractivity contribution in [1.82, 2.24) is 9.97 Å². The van der Waals surface area contributed by atoms with Gasteiger partial charge < -0.3 is 11.1 Å². The molecule has 0 bridgehead atoms. The number of rotatable bonds is 4. The zero-order chi connectivity index (χ0) is 16.2. The van der Waals surface area contributed by atoms with Gasteiger partial charge in [0, 0.05) is 35.6 Å². The Morgan fingerprint density at radius 3 is 2.88 bits per heavy atom.